The largest absolute Gasteiger partial charge is 0.505 e. The van der Waals surface area contributed by atoms with E-state index in [4.69, 9.17) is 4.42 Å². The van der Waals surface area contributed by atoms with Crippen LogP contribution in [0.1, 0.15) is 0 Å². The van der Waals surface area contributed by atoms with E-state index in [9.17, 15) is 19.1 Å². The Morgan fingerprint density at radius 1 is 0.871 bits per heavy atom. The molecule has 0 spiro atoms. The van der Waals surface area contributed by atoms with Gasteiger partial charge in [0.15, 0.2) is 11.3 Å². The Kier molecular flexibility index (Phi) is 4.60. The first-order valence-electron chi connectivity index (χ1n) is 9.37. The van der Waals surface area contributed by atoms with Gasteiger partial charge in [-0.1, -0.05) is 42.1 Å². The monoisotopic (exact) mass is 431 g/mol. The van der Waals surface area contributed by atoms with Crippen LogP contribution in [-0.4, -0.2) is 9.67 Å². The number of hydrogen-bond acceptors (Lipinski definition) is 5. The standard InChI is InChI=1S/C24H14FNO4S/c25-14-10-12-16(13-11-14)31-22-20(27)19-21(30-24(22)29)17-8-4-5-9-18(17)26(23(19)28)15-6-2-1-3-7-15/h1-13,27H. The van der Waals surface area contributed by atoms with Gasteiger partial charge in [-0.15, -0.1) is 0 Å². The average Bonchev–Trinajstić information content (AvgIpc) is 2.78. The SMILES string of the molecule is O=c1oc2c(c(O)c1Sc1ccc(F)cc1)c(=O)n(-c1ccccc1)c1ccccc21. The molecule has 5 rings (SSSR count). The number of benzene rings is 3. The van der Waals surface area contributed by atoms with Crippen molar-refractivity contribution in [2.45, 2.75) is 9.79 Å². The third-order valence-electron chi connectivity index (χ3n) is 4.91. The van der Waals surface area contributed by atoms with Crippen molar-refractivity contribution in [3.8, 4) is 11.4 Å². The van der Waals surface area contributed by atoms with Gasteiger partial charge in [0.05, 0.1) is 5.52 Å². The first kappa shape index (κ1) is 19.1. The van der Waals surface area contributed by atoms with Gasteiger partial charge in [0.2, 0.25) is 0 Å². The van der Waals surface area contributed by atoms with Crippen LogP contribution in [0.25, 0.3) is 27.6 Å². The molecule has 2 aromatic heterocycles. The summed E-state index contributed by atoms with van der Waals surface area (Å²) in [7, 11) is 0. The minimum Gasteiger partial charge on any atom is -0.505 e. The summed E-state index contributed by atoms with van der Waals surface area (Å²) in [6.07, 6.45) is 0. The molecule has 5 nitrogen and oxygen atoms in total. The van der Waals surface area contributed by atoms with E-state index in [1.54, 1.807) is 36.4 Å². The molecule has 0 saturated heterocycles. The Labute approximate surface area is 179 Å². The van der Waals surface area contributed by atoms with E-state index in [2.05, 4.69) is 0 Å². The fourth-order valence-corrected chi connectivity index (χ4v) is 4.35. The van der Waals surface area contributed by atoms with E-state index < -0.39 is 22.8 Å². The first-order chi connectivity index (χ1) is 15.0. The molecule has 0 unspecified atom stereocenters. The van der Waals surface area contributed by atoms with E-state index in [1.807, 2.05) is 18.2 Å². The molecular formula is C24H14FNO4S. The second-order valence-corrected chi connectivity index (χ2v) is 7.90. The molecule has 2 heterocycles. The van der Waals surface area contributed by atoms with E-state index in [0.717, 1.165) is 11.8 Å². The third kappa shape index (κ3) is 3.19. The van der Waals surface area contributed by atoms with E-state index >= 15 is 0 Å². The number of aromatic nitrogens is 1. The van der Waals surface area contributed by atoms with Crippen molar-refractivity contribution in [3.63, 3.8) is 0 Å². The predicted octanol–water partition coefficient (Wildman–Crippen LogP) is 5.09. The Morgan fingerprint density at radius 3 is 2.29 bits per heavy atom. The van der Waals surface area contributed by atoms with Crippen molar-refractivity contribution in [2.75, 3.05) is 0 Å². The van der Waals surface area contributed by atoms with Crippen molar-refractivity contribution >= 4 is 33.6 Å². The van der Waals surface area contributed by atoms with Crippen LogP contribution >= 0.6 is 11.8 Å². The Bertz CT molecular complexity index is 1560. The number of pyridine rings is 1. The van der Waals surface area contributed by atoms with Gasteiger partial charge in [0, 0.05) is 16.0 Å². The molecule has 0 saturated carbocycles. The van der Waals surface area contributed by atoms with Gasteiger partial charge in [-0.25, -0.2) is 9.18 Å². The van der Waals surface area contributed by atoms with Crippen LogP contribution in [0.15, 0.2) is 103 Å². The minimum absolute atomic E-state index is 0.0266. The van der Waals surface area contributed by atoms with Crippen LogP contribution in [0, 0.1) is 5.82 Å². The van der Waals surface area contributed by atoms with Crippen molar-refractivity contribution < 1.29 is 13.9 Å². The summed E-state index contributed by atoms with van der Waals surface area (Å²) in [5.41, 5.74) is -0.0983. The third-order valence-corrected chi connectivity index (χ3v) is 5.99. The minimum atomic E-state index is -0.777. The van der Waals surface area contributed by atoms with Crippen LogP contribution in [0.5, 0.6) is 5.75 Å². The maximum atomic E-state index is 13.5. The maximum Gasteiger partial charge on any atom is 0.354 e. The van der Waals surface area contributed by atoms with Crippen LogP contribution < -0.4 is 11.2 Å². The van der Waals surface area contributed by atoms with Gasteiger partial charge in [-0.05, 0) is 48.5 Å². The molecule has 0 fully saturated rings. The molecule has 0 aliphatic heterocycles. The molecule has 3 aromatic carbocycles. The van der Waals surface area contributed by atoms with Gasteiger partial charge < -0.3 is 9.52 Å². The second kappa shape index (κ2) is 7.45. The number of hydrogen-bond donors (Lipinski definition) is 1. The molecule has 0 aliphatic carbocycles. The topological polar surface area (TPSA) is 72.4 Å². The van der Waals surface area contributed by atoms with Crippen molar-refractivity contribution in [2.24, 2.45) is 0 Å². The summed E-state index contributed by atoms with van der Waals surface area (Å²) in [4.78, 5) is 26.6. The Hall–Kier alpha value is -3.84. The lowest BCUT2D eigenvalue weighted by molar-refractivity contribution is 0.447. The zero-order valence-corrected chi connectivity index (χ0v) is 16.7. The number of halogens is 1. The number of nitrogens with zero attached hydrogens (tertiary/aromatic N) is 1. The van der Waals surface area contributed by atoms with E-state index in [0.29, 0.717) is 21.5 Å². The van der Waals surface area contributed by atoms with Gasteiger partial charge in [0.25, 0.3) is 5.56 Å². The highest BCUT2D eigenvalue weighted by Crippen LogP contribution is 2.37. The summed E-state index contributed by atoms with van der Waals surface area (Å²) in [5, 5.41) is 11.4. The van der Waals surface area contributed by atoms with Gasteiger partial charge in [-0.3, -0.25) is 9.36 Å². The maximum absolute atomic E-state index is 13.5. The molecule has 0 bridgehead atoms. The van der Waals surface area contributed by atoms with Crippen LogP contribution in [0.4, 0.5) is 4.39 Å². The summed E-state index contributed by atoms with van der Waals surface area (Å²) in [6.45, 7) is 0. The normalized spacial score (nSPS) is 11.3. The van der Waals surface area contributed by atoms with Gasteiger partial charge in [0.1, 0.15) is 16.1 Å². The average molecular weight is 431 g/mol. The van der Waals surface area contributed by atoms with Crippen LogP contribution in [0.3, 0.4) is 0 Å². The number of rotatable bonds is 3. The zero-order valence-electron chi connectivity index (χ0n) is 15.9. The molecule has 0 atom stereocenters. The number of fused-ring (bicyclic) bond motifs is 3. The van der Waals surface area contributed by atoms with E-state index in [-0.39, 0.29) is 15.9 Å². The van der Waals surface area contributed by atoms with Crippen LogP contribution in [-0.2, 0) is 0 Å². The Morgan fingerprint density at radius 2 is 1.55 bits per heavy atom. The fourth-order valence-electron chi connectivity index (χ4n) is 3.52. The summed E-state index contributed by atoms with van der Waals surface area (Å²) in [5.74, 6) is -0.877. The number of aromatic hydroxyl groups is 1. The lowest BCUT2D eigenvalue weighted by Crippen LogP contribution is -2.20. The molecule has 7 heteroatoms. The molecular weight excluding hydrogens is 417 g/mol. The van der Waals surface area contributed by atoms with Gasteiger partial charge >= 0.3 is 5.63 Å². The summed E-state index contributed by atoms with van der Waals surface area (Å²) < 4.78 is 20.2. The molecule has 1 N–H and O–H groups in total. The highest BCUT2D eigenvalue weighted by molar-refractivity contribution is 7.99. The quantitative estimate of drug-likeness (QED) is 0.403. The van der Waals surface area contributed by atoms with Crippen molar-refractivity contribution in [1.82, 2.24) is 4.57 Å². The first-order valence-corrected chi connectivity index (χ1v) is 10.2. The molecule has 0 amide bonds. The zero-order chi connectivity index (χ0) is 21.5. The highest BCUT2D eigenvalue weighted by Gasteiger charge is 2.22. The lowest BCUT2D eigenvalue weighted by atomic mass is 10.1. The molecule has 31 heavy (non-hydrogen) atoms. The molecule has 0 radical (unpaired) electrons. The molecule has 5 aromatic rings. The van der Waals surface area contributed by atoms with E-state index in [1.165, 1.54) is 28.8 Å². The predicted molar refractivity (Wildman–Crippen MR) is 118 cm³/mol. The Balaban J connectivity index is 1.86. The second-order valence-electron chi connectivity index (χ2n) is 6.82. The highest BCUT2D eigenvalue weighted by atomic mass is 32.2. The van der Waals surface area contributed by atoms with Crippen molar-refractivity contribution in [1.29, 1.82) is 0 Å². The van der Waals surface area contributed by atoms with Crippen molar-refractivity contribution in [3.05, 3.63) is 105 Å². The molecule has 0 aliphatic rings. The van der Waals surface area contributed by atoms with Crippen LogP contribution in [0.2, 0.25) is 0 Å². The lowest BCUT2D eigenvalue weighted by Gasteiger charge is -2.14. The van der Waals surface area contributed by atoms with Gasteiger partial charge in [-0.2, -0.15) is 0 Å². The number of para-hydroxylation sites is 2. The smallest absolute Gasteiger partial charge is 0.354 e. The summed E-state index contributed by atoms with van der Waals surface area (Å²) in [6, 6.07) is 21.5. The molecule has 152 valence electrons. The fraction of sp³-hybridized carbons (Fsp3) is 0. The summed E-state index contributed by atoms with van der Waals surface area (Å²) >= 11 is 0.909.